The summed E-state index contributed by atoms with van der Waals surface area (Å²) in [5, 5.41) is 0. The third-order valence-corrected chi connectivity index (χ3v) is 4.30. The molecule has 0 spiro atoms. The molecule has 0 bridgehead atoms. The third-order valence-electron chi connectivity index (χ3n) is 1.10. The van der Waals surface area contributed by atoms with E-state index in [9.17, 15) is 43.0 Å². The second kappa shape index (κ2) is 19.8. The number of aromatic nitrogens is 2. The topological polar surface area (TPSA) is 257 Å². The Hall–Kier alpha value is 4.09. The van der Waals surface area contributed by atoms with Gasteiger partial charge >= 0.3 is 153 Å². The Balaban J connectivity index is -0.0000000684. The van der Waals surface area contributed by atoms with Crippen molar-refractivity contribution in [3.05, 3.63) is 22.7 Å². The molecule has 0 aliphatic heterocycles. The molecule has 1 rings (SSSR count). The Bertz CT molecular complexity index is 649. The van der Waals surface area contributed by atoms with E-state index in [1.54, 1.807) is 0 Å². The van der Waals surface area contributed by atoms with E-state index >= 15 is 0 Å². The Kier molecular flexibility index (Phi) is 33.3. The summed E-state index contributed by atoms with van der Waals surface area (Å²) >= 11 is 0. The molecule has 1 aromatic rings. The van der Waals surface area contributed by atoms with Crippen molar-refractivity contribution in [1.82, 2.24) is 9.97 Å². The van der Waals surface area contributed by atoms with E-state index in [4.69, 9.17) is 5.73 Å². The van der Waals surface area contributed by atoms with E-state index in [-0.39, 0.29) is 148 Å². The third kappa shape index (κ3) is 30.3. The standard InChI is InChI=1S/C4H5N3O.5Na.H5O10P3/c5-3-1-2-6-4(8)7-3;;;;;;1-11(2,3)9-13(7,8)10-12(4,5)6/h1-2H,(H3,5,6,7,8);;;;;;(H,7,8)(H2,1,2,3)(H2,4,5,6)/q;5*+1;/p-5. The number of nitrogens with zero attached hydrogens (tertiary/aromatic N) is 1. The summed E-state index contributed by atoms with van der Waals surface area (Å²) in [6.07, 6.45) is 1.36. The SMILES string of the molecule is Nc1ccnc(=O)[nH]1.O=P([O-])([O-])OP(=O)([O-])OP(=O)([O-])[O-].[Na+].[Na+].[Na+].[Na+].[Na+]. The molecule has 3 N–H and O–H groups in total. The fourth-order valence-corrected chi connectivity index (χ4v) is 2.99. The molecule has 1 aromatic heterocycles. The van der Waals surface area contributed by atoms with Crippen molar-refractivity contribution in [3.8, 4) is 0 Å². The molecular weight excluding hydrogens is 474 g/mol. The van der Waals surface area contributed by atoms with Gasteiger partial charge in [-0.3, -0.25) is 18.2 Å². The first kappa shape index (κ1) is 43.9. The predicted octanol–water partition coefficient (Wildman–Crippen LogP) is -19.5. The van der Waals surface area contributed by atoms with E-state index in [2.05, 4.69) is 18.6 Å². The number of hydrogen-bond acceptors (Lipinski definition) is 13. The molecule has 0 radical (unpaired) electrons. The molecule has 0 amide bonds. The van der Waals surface area contributed by atoms with Crippen molar-refractivity contribution in [3.63, 3.8) is 0 Å². The number of nitrogens with two attached hydrogens (primary N) is 1. The van der Waals surface area contributed by atoms with Crippen LogP contribution in [0.5, 0.6) is 0 Å². The quantitative estimate of drug-likeness (QED) is 0.301. The fraction of sp³-hybridized carbons (Fsp3) is 0. The van der Waals surface area contributed by atoms with Gasteiger partial charge in [-0.05, 0) is 6.07 Å². The maximum atomic E-state index is 10.2. The van der Waals surface area contributed by atoms with Gasteiger partial charge < -0.3 is 39.3 Å². The average molecular weight is 479 g/mol. The summed E-state index contributed by atoms with van der Waals surface area (Å²) in [6, 6.07) is 1.52. The Labute approximate surface area is 257 Å². The van der Waals surface area contributed by atoms with Crippen LogP contribution in [0, 0.1) is 0 Å². The second-order valence-corrected chi connectivity index (χ2v) is 6.82. The maximum absolute atomic E-state index is 10.2. The van der Waals surface area contributed by atoms with E-state index in [0.29, 0.717) is 5.82 Å². The second-order valence-electron chi connectivity index (χ2n) is 2.84. The van der Waals surface area contributed by atoms with Gasteiger partial charge in [0.25, 0.3) is 7.82 Å². The molecule has 0 atom stereocenters. The molecule has 0 aromatic carbocycles. The number of anilines is 1. The molecular formula is C4H5N3Na5O11P3. The van der Waals surface area contributed by atoms with Crippen LogP contribution in [0.15, 0.2) is 17.1 Å². The van der Waals surface area contributed by atoms with Crippen molar-refractivity contribution in [2.45, 2.75) is 0 Å². The normalized spacial score (nSPS) is 10.0. The first-order valence-electron chi connectivity index (χ1n) is 4.29. The first-order valence-corrected chi connectivity index (χ1v) is 8.67. The first-order chi connectivity index (χ1) is 9.20. The largest absolute Gasteiger partial charge is 1.00 e. The van der Waals surface area contributed by atoms with E-state index in [1.807, 2.05) is 0 Å². The summed E-state index contributed by atoms with van der Waals surface area (Å²) in [5.41, 5.74) is 4.75. The van der Waals surface area contributed by atoms with Gasteiger partial charge in [-0.25, -0.2) is 9.78 Å². The molecule has 0 saturated heterocycles. The minimum Gasteiger partial charge on any atom is -0.790 e. The summed E-state index contributed by atoms with van der Waals surface area (Å²) < 4.78 is 34.7. The van der Waals surface area contributed by atoms with Crippen LogP contribution in [0.2, 0.25) is 0 Å². The van der Waals surface area contributed by atoms with Crippen LogP contribution in [0.25, 0.3) is 0 Å². The Morgan fingerprint density at radius 2 is 1.23 bits per heavy atom. The molecule has 0 aliphatic carbocycles. The molecule has 0 saturated carbocycles. The number of H-pyrrole nitrogens is 1. The number of nitrogen functional groups attached to an aromatic ring is 1. The summed E-state index contributed by atoms with van der Waals surface area (Å²) in [5.74, 6) is 0.338. The maximum Gasteiger partial charge on any atom is 1.00 e. The molecule has 0 aliphatic rings. The summed E-state index contributed by atoms with van der Waals surface area (Å²) in [6.45, 7) is 0. The van der Waals surface area contributed by atoms with Gasteiger partial charge in [0.2, 0.25) is 0 Å². The van der Waals surface area contributed by atoms with E-state index in [1.165, 1.54) is 12.3 Å². The van der Waals surface area contributed by atoms with Crippen LogP contribution in [0.4, 0.5) is 5.82 Å². The van der Waals surface area contributed by atoms with Crippen LogP contribution >= 0.6 is 23.5 Å². The number of rotatable bonds is 4. The minimum absolute atomic E-state index is 0. The monoisotopic (exact) mass is 479 g/mol. The van der Waals surface area contributed by atoms with Gasteiger partial charge in [0.1, 0.15) is 5.82 Å². The van der Waals surface area contributed by atoms with Crippen molar-refractivity contribution in [1.29, 1.82) is 0 Å². The van der Waals surface area contributed by atoms with Crippen LogP contribution in [0.3, 0.4) is 0 Å². The molecule has 1 heterocycles. The van der Waals surface area contributed by atoms with Gasteiger partial charge in [-0.15, -0.1) is 0 Å². The fourth-order valence-electron chi connectivity index (χ4n) is 0.643. The summed E-state index contributed by atoms with van der Waals surface area (Å²) in [7, 11) is -17.9. The number of nitrogens with one attached hydrogen (secondary N) is 1. The van der Waals surface area contributed by atoms with Gasteiger partial charge in [0.15, 0.2) is 0 Å². The molecule has 122 valence electrons. The molecule has 14 nitrogen and oxygen atoms in total. The number of phosphoric acid groups is 3. The summed E-state index contributed by atoms with van der Waals surface area (Å²) in [4.78, 5) is 64.5. The zero-order valence-electron chi connectivity index (χ0n) is 14.5. The van der Waals surface area contributed by atoms with Crippen molar-refractivity contribution < 1.29 is 195 Å². The van der Waals surface area contributed by atoms with Gasteiger partial charge in [-0.1, -0.05) is 0 Å². The van der Waals surface area contributed by atoms with Crippen LogP contribution < -0.4 is 184 Å². The average Bonchev–Trinajstić information content (AvgIpc) is 2.08. The minimum atomic E-state index is -5.97. The number of aromatic amines is 1. The van der Waals surface area contributed by atoms with Gasteiger partial charge in [0.05, 0.1) is 15.6 Å². The van der Waals surface area contributed by atoms with Crippen LogP contribution in [0.1, 0.15) is 0 Å². The van der Waals surface area contributed by atoms with E-state index < -0.39 is 29.2 Å². The molecule has 26 heavy (non-hydrogen) atoms. The van der Waals surface area contributed by atoms with Crippen molar-refractivity contribution in [2.24, 2.45) is 0 Å². The molecule has 0 fully saturated rings. The molecule has 0 unspecified atom stereocenters. The smallest absolute Gasteiger partial charge is 0.790 e. The predicted molar refractivity (Wildman–Crippen MR) is 54.3 cm³/mol. The zero-order valence-corrected chi connectivity index (χ0v) is 27.2. The van der Waals surface area contributed by atoms with Gasteiger partial charge in [0, 0.05) is 6.20 Å². The van der Waals surface area contributed by atoms with Gasteiger partial charge in [-0.2, -0.15) is 0 Å². The van der Waals surface area contributed by atoms with Crippen molar-refractivity contribution in [2.75, 3.05) is 5.73 Å². The zero-order chi connectivity index (χ0) is 16.9. The molecule has 22 heteroatoms. The Morgan fingerprint density at radius 3 is 1.42 bits per heavy atom. The van der Waals surface area contributed by atoms with E-state index in [0.717, 1.165) is 0 Å². The van der Waals surface area contributed by atoms with Crippen LogP contribution in [-0.4, -0.2) is 9.97 Å². The van der Waals surface area contributed by atoms with Crippen LogP contribution in [-0.2, 0) is 22.3 Å². The van der Waals surface area contributed by atoms with Crippen molar-refractivity contribution >= 4 is 29.3 Å². The number of hydrogen-bond donors (Lipinski definition) is 2. The Morgan fingerprint density at radius 1 is 0.885 bits per heavy atom.